The van der Waals surface area contributed by atoms with Gasteiger partial charge in [0, 0.05) is 18.2 Å². The minimum Gasteiger partial charge on any atom is -0.353 e. The predicted molar refractivity (Wildman–Crippen MR) is 110 cm³/mol. The summed E-state index contributed by atoms with van der Waals surface area (Å²) in [4.78, 5) is 19.8. The normalized spacial score (nSPS) is 15.3. The number of pyridine rings is 1. The number of aromatic amines is 1. The second-order valence-electron chi connectivity index (χ2n) is 7.30. The molecule has 1 saturated heterocycles. The molecule has 0 unspecified atom stereocenters. The van der Waals surface area contributed by atoms with Gasteiger partial charge in [0.2, 0.25) is 0 Å². The zero-order valence-electron chi connectivity index (χ0n) is 15.7. The van der Waals surface area contributed by atoms with Crippen LogP contribution in [0.3, 0.4) is 0 Å². The van der Waals surface area contributed by atoms with Crippen LogP contribution in [0.2, 0.25) is 0 Å². The van der Waals surface area contributed by atoms with Crippen LogP contribution in [0.15, 0.2) is 47.4 Å². The van der Waals surface area contributed by atoms with E-state index >= 15 is 0 Å². The van der Waals surface area contributed by atoms with Gasteiger partial charge in [0.25, 0.3) is 5.56 Å². The van der Waals surface area contributed by atoms with Crippen molar-refractivity contribution in [1.82, 2.24) is 24.9 Å². The summed E-state index contributed by atoms with van der Waals surface area (Å²) in [5, 5.41) is 12.6. The van der Waals surface area contributed by atoms with Gasteiger partial charge >= 0.3 is 0 Å². The van der Waals surface area contributed by atoms with Crippen LogP contribution < -0.4 is 16.2 Å². The molecule has 4 aromatic rings. The van der Waals surface area contributed by atoms with Crippen molar-refractivity contribution < 1.29 is 0 Å². The molecule has 0 spiro atoms. The van der Waals surface area contributed by atoms with Crippen LogP contribution >= 0.6 is 0 Å². The van der Waals surface area contributed by atoms with Gasteiger partial charge in [-0.05, 0) is 57.1 Å². The number of benzene rings is 1. The fraction of sp³-hybridized carbons (Fsp3) is 0.286. The van der Waals surface area contributed by atoms with E-state index in [9.17, 15) is 4.79 Å². The number of rotatable bonds is 3. The lowest BCUT2D eigenvalue weighted by Crippen LogP contribution is -2.28. The summed E-state index contributed by atoms with van der Waals surface area (Å²) in [6.45, 7) is 3.90. The van der Waals surface area contributed by atoms with E-state index in [1.165, 1.54) is 0 Å². The average Bonchev–Trinajstić information content (AvgIpc) is 3.09. The van der Waals surface area contributed by atoms with Crippen LogP contribution in [-0.4, -0.2) is 32.7 Å². The highest BCUT2D eigenvalue weighted by atomic mass is 16.1. The Morgan fingerprint density at radius 2 is 1.96 bits per heavy atom. The third kappa shape index (κ3) is 2.84. The van der Waals surface area contributed by atoms with E-state index < -0.39 is 0 Å². The lowest BCUT2D eigenvalue weighted by Gasteiger charge is -2.23. The number of nitrogens with zero attached hydrogens (tertiary/aromatic N) is 3. The van der Waals surface area contributed by atoms with Crippen molar-refractivity contribution in [3.8, 4) is 0 Å². The first-order chi connectivity index (χ1) is 13.7. The van der Waals surface area contributed by atoms with Gasteiger partial charge < -0.3 is 15.6 Å². The first-order valence-corrected chi connectivity index (χ1v) is 9.65. The maximum Gasteiger partial charge on any atom is 0.251 e. The van der Waals surface area contributed by atoms with Crippen LogP contribution in [0.4, 0.5) is 11.4 Å². The number of aromatic nitrogens is 4. The first-order valence-electron chi connectivity index (χ1n) is 9.65. The lowest BCUT2D eigenvalue weighted by molar-refractivity contribution is 0.446. The molecule has 0 amide bonds. The van der Waals surface area contributed by atoms with Crippen LogP contribution in [0.5, 0.6) is 0 Å². The predicted octanol–water partition coefficient (Wildman–Crippen LogP) is 3.09. The Morgan fingerprint density at radius 1 is 1.14 bits per heavy atom. The molecular formula is C21H22N6O. The maximum atomic E-state index is 12.5. The minimum absolute atomic E-state index is 0.0878. The molecular weight excluding hydrogens is 352 g/mol. The number of nitrogens with one attached hydrogen (secondary N) is 3. The fourth-order valence-electron chi connectivity index (χ4n) is 4.06. The topological polar surface area (TPSA) is 87.1 Å². The molecule has 0 radical (unpaired) electrons. The molecule has 1 aromatic carbocycles. The molecule has 28 heavy (non-hydrogen) atoms. The number of hydrogen-bond acceptors (Lipinski definition) is 5. The SMILES string of the molecule is Cc1ncccc1Nc1cccc2nn3c(C4CCNCC4)cc(=O)[nH]c3c12. The largest absolute Gasteiger partial charge is 0.353 e. The number of H-pyrrole nitrogens is 1. The molecule has 0 atom stereocenters. The van der Waals surface area contributed by atoms with Gasteiger partial charge in [-0.2, -0.15) is 5.10 Å². The molecule has 0 saturated carbocycles. The van der Waals surface area contributed by atoms with Crippen molar-refractivity contribution in [3.05, 3.63) is 64.3 Å². The summed E-state index contributed by atoms with van der Waals surface area (Å²) in [6.07, 6.45) is 3.79. The Hall–Kier alpha value is -3.19. The van der Waals surface area contributed by atoms with E-state index in [1.807, 2.05) is 41.8 Å². The highest BCUT2D eigenvalue weighted by Gasteiger charge is 2.21. The summed E-state index contributed by atoms with van der Waals surface area (Å²) in [7, 11) is 0. The van der Waals surface area contributed by atoms with Crippen molar-refractivity contribution in [2.75, 3.05) is 18.4 Å². The van der Waals surface area contributed by atoms with Gasteiger partial charge in [0.15, 0.2) is 0 Å². The Morgan fingerprint density at radius 3 is 2.79 bits per heavy atom. The quantitative estimate of drug-likeness (QED) is 0.513. The van der Waals surface area contributed by atoms with Gasteiger partial charge in [0.05, 0.1) is 33.7 Å². The van der Waals surface area contributed by atoms with Crippen LogP contribution in [-0.2, 0) is 0 Å². The third-order valence-electron chi connectivity index (χ3n) is 5.50. The minimum atomic E-state index is -0.0878. The second-order valence-corrected chi connectivity index (χ2v) is 7.30. The van der Waals surface area contributed by atoms with Crippen molar-refractivity contribution in [2.24, 2.45) is 0 Å². The van der Waals surface area contributed by atoms with E-state index in [-0.39, 0.29) is 5.56 Å². The maximum absolute atomic E-state index is 12.5. The first kappa shape index (κ1) is 16.9. The Bertz CT molecular complexity index is 1220. The molecule has 7 heteroatoms. The van der Waals surface area contributed by atoms with E-state index in [0.29, 0.717) is 5.92 Å². The van der Waals surface area contributed by atoms with Crippen LogP contribution in [0, 0.1) is 6.92 Å². The zero-order valence-corrected chi connectivity index (χ0v) is 15.7. The summed E-state index contributed by atoms with van der Waals surface area (Å²) in [6, 6.07) is 11.6. The van der Waals surface area contributed by atoms with Crippen molar-refractivity contribution in [1.29, 1.82) is 0 Å². The summed E-state index contributed by atoms with van der Waals surface area (Å²) in [5.74, 6) is 0.331. The van der Waals surface area contributed by atoms with Gasteiger partial charge in [-0.15, -0.1) is 0 Å². The third-order valence-corrected chi connectivity index (χ3v) is 5.50. The van der Waals surface area contributed by atoms with Gasteiger partial charge in [-0.1, -0.05) is 6.07 Å². The monoisotopic (exact) mass is 374 g/mol. The summed E-state index contributed by atoms with van der Waals surface area (Å²) < 4.78 is 1.92. The Labute approximate surface area is 161 Å². The van der Waals surface area contributed by atoms with Gasteiger partial charge in [0.1, 0.15) is 5.65 Å². The number of aryl methyl sites for hydroxylation is 1. The molecule has 5 rings (SSSR count). The average molecular weight is 374 g/mol. The van der Waals surface area contributed by atoms with E-state index in [2.05, 4.69) is 20.6 Å². The highest BCUT2D eigenvalue weighted by molar-refractivity contribution is 6.03. The van der Waals surface area contributed by atoms with E-state index in [0.717, 1.165) is 65.2 Å². The molecule has 3 N–H and O–H groups in total. The fourth-order valence-corrected chi connectivity index (χ4v) is 4.06. The smallest absolute Gasteiger partial charge is 0.251 e. The van der Waals surface area contributed by atoms with Gasteiger partial charge in [-0.3, -0.25) is 9.78 Å². The highest BCUT2D eigenvalue weighted by Crippen LogP contribution is 2.32. The second kappa shape index (κ2) is 6.76. The number of anilines is 2. The molecule has 1 aliphatic heterocycles. The van der Waals surface area contributed by atoms with Gasteiger partial charge in [-0.25, -0.2) is 4.52 Å². The number of fused-ring (bicyclic) bond motifs is 3. The molecule has 1 fully saturated rings. The molecule has 0 aliphatic carbocycles. The zero-order chi connectivity index (χ0) is 19.1. The number of piperidine rings is 1. The van der Waals surface area contributed by atoms with Crippen molar-refractivity contribution in [2.45, 2.75) is 25.7 Å². The van der Waals surface area contributed by atoms with Crippen molar-refractivity contribution >= 4 is 27.9 Å². The molecule has 0 bridgehead atoms. The summed E-state index contributed by atoms with van der Waals surface area (Å²) >= 11 is 0. The standard InChI is InChI=1S/C21H22N6O/c1-13-15(6-3-9-23-13)24-16-4-2-5-17-20(16)21-25-19(28)12-18(27(21)26-17)14-7-10-22-11-8-14/h2-6,9,12,14,22,24H,7-8,10-11H2,1H3,(H,25,28). The molecule has 1 aliphatic rings. The molecule has 142 valence electrons. The van der Waals surface area contributed by atoms with Crippen LogP contribution in [0.1, 0.15) is 30.1 Å². The van der Waals surface area contributed by atoms with Crippen LogP contribution in [0.25, 0.3) is 16.6 Å². The summed E-state index contributed by atoms with van der Waals surface area (Å²) in [5.41, 5.74) is 5.24. The molecule has 7 nitrogen and oxygen atoms in total. The molecule has 4 heterocycles. The van der Waals surface area contributed by atoms with E-state index in [4.69, 9.17) is 5.10 Å². The Kier molecular flexibility index (Phi) is 4.09. The van der Waals surface area contributed by atoms with Crippen molar-refractivity contribution in [3.63, 3.8) is 0 Å². The molecule has 3 aromatic heterocycles. The van der Waals surface area contributed by atoms with E-state index in [1.54, 1.807) is 12.3 Å². The number of hydrogen-bond donors (Lipinski definition) is 3. The lowest BCUT2D eigenvalue weighted by atomic mass is 9.94. The Balaban J connectivity index is 1.71.